The number of hydrogen-bond acceptors (Lipinski definition) is 4. The molecular formula is C16H16ClN2O4-. The first-order chi connectivity index (χ1) is 10.6. The van der Waals surface area contributed by atoms with Crippen molar-refractivity contribution < 1.29 is 36.8 Å². The largest absolute Gasteiger partial charge is 1.00 e. The average molecular weight is 336 g/mol. The van der Waals surface area contributed by atoms with Gasteiger partial charge in [0.05, 0.1) is 24.2 Å². The molecule has 1 unspecified atom stereocenters. The van der Waals surface area contributed by atoms with E-state index in [1.807, 2.05) is 0 Å². The molecule has 2 aliphatic heterocycles. The number of carbonyl (C=O) groups excluding carboxylic acids is 3. The third kappa shape index (κ3) is 3.13. The van der Waals surface area contributed by atoms with E-state index < -0.39 is 6.09 Å². The van der Waals surface area contributed by atoms with E-state index in [2.05, 4.69) is 0 Å². The molecule has 0 aromatic heterocycles. The number of benzene rings is 1. The summed E-state index contributed by atoms with van der Waals surface area (Å²) in [6, 6.07) is 6.69. The Hall–Kier alpha value is -2.18. The number of amides is 3. The van der Waals surface area contributed by atoms with Crippen LogP contribution in [0.25, 0.3) is 0 Å². The van der Waals surface area contributed by atoms with Crippen LogP contribution in [0.3, 0.4) is 0 Å². The first-order valence-electron chi connectivity index (χ1n) is 7.31. The fraction of sp³-hybridized carbons (Fsp3) is 0.312. The van der Waals surface area contributed by atoms with Gasteiger partial charge in [-0.25, -0.2) is 0 Å². The topological polar surface area (TPSA) is 82.0 Å². The van der Waals surface area contributed by atoms with Crippen molar-refractivity contribution in [2.24, 2.45) is 0 Å². The van der Waals surface area contributed by atoms with E-state index in [1.165, 1.54) is 0 Å². The zero-order valence-electron chi connectivity index (χ0n) is 12.4. The maximum atomic E-state index is 12.2. The number of carboxylic acid groups (broad SMARTS) is 1. The van der Waals surface area contributed by atoms with E-state index in [4.69, 9.17) is 0 Å². The minimum absolute atomic E-state index is 0. The van der Waals surface area contributed by atoms with Crippen molar-refractivity contribution in [2.75, 3.05) is 13.1 Å². The Morgan fingerprint density at radius 1 is 1.17 bits per heavy atom. The predicted molar refractivity (Wildman–Crippen MR) is 75.0 cm³/mol. The van der Waals surface area contributed by atoms with Crippen LogP contribution in [-0.2, 0) is 0 Å². The summed E-state index contributed by atoms with van der Waals surface area (Å²) in [5.74, 6) is -0.661. The lowest BCUT2D eigenvalue weighted by molar-refractivity contribution is -0.812. The third-order valence-corrected chi connectivity index (χ3v) is 4.16. The maximum Gasteiger partial charge on any atom is 0.261 e. The number of imide groups is 1. The zero-order valence-corrected chi connectivity index (χ0v) is 13.1. The smallest absolute Gasteiger partial charge is 0.261 e. The molecular weight excluding hydrogens is 320 g/mol. The molecule has 0 aliphatic carbocycles. The lowest BCUT2D eigenvalue weighted by atomic mass is 10.1. The van der Waals surface area contributed by atoms with Gasteiger partial charge in [0.15, 0.2) is 0 Å². The highest BCUT2D eigenvalue weighted by Gasteiger charge is 2.34. The monoisotopic (exact) mass is 335 g/mol. The number of rotatable bonds is 2. The van der Waals surface area contributed by atoms with Crippen molar-refractivity contribution >= 4 is 17.9 Å². The Bertz CT molecular complexity index is 651. The maximum absolute atomic E-state index is 12.2. The standard InChI is InChI=1S/C16H16N2O4.ClH/c19-14-12-6-1-2-7-13(12)15(20)18(14)10-8-11-5-3-4-9-17(11)16(21)22;/h1-2,6-8H,3-5,9-10H2,(H,21,22);1H/p-1. The quantitative estimate of drug-likeness (QED) is 0.571. The molecule has 0 radical (unpaired) electrons. The Morgan fingerprint density at radius 3 is 2.35 bits per heavy atom. The second-order valence-electron chi connectivity index (χ2n) is 5.47. The molecule has 6 nitrogen and oxygen atoms in total. The van der Waals surface area contributed by atoms with E-state index in [0.717, 1.165) is 17.7 Å². The zero-order chi connectivity index (χ0) is 15.7. The molecule has 2 aliphatic rings. The molecule has 122 valence electrons. The van der Waals surface area contributed by atoms with Crippen LogP contribution < -0.4 is 22.4 Å². The van der Waals surface area contributed by atoms with Crippen LogP contribution in [0.2, 0.25) is 0 Å². The summed E-state index contributed by atoms with van der Waals surface area (Å²) < 4.78 is 0. The van der Waals surface area contributed by atoms with Gasteiger partial charge in [0.2, 0.25) is 0 Å². The lowest BCUT2D eigenvalue weighted by Gasteiger charge is -2.25. The second kappa shape index (κ2) is 6.93. The van der Waals surface area contributed by atoms with Crippen molar-refractivity contribution in [1.29, 1.82) is 0 Å². The number of fused-ring (bicyclic) bond motifs is 1. The highest BCUT2D eigenvalue weighted by atomic mass is 35.5. The number of likely N-dealkylation sites (tertiary alicyclic amines) is 1. The molecule has 1 aromatic rings. The van der Waals surface area contributed by atoms with Gasteiger partial charge < -0.3 is 22.3 Å². The Morgan fingerprint density at radius 2 is 1.78 bits per heavy atom. The Balaban J connectivity index is 0.00000192. The highest BCUT2D eigenvalue weighted by molar-refractivity contribution is 6.21. The van der Waals surface area contributed by atoms with Gasteiger partial charge >= 0.3 is 0 Å². The van der Waals surface area contributed by atoms with Crippen LogP contribution in [0.4, 0.5) is 4.79 Å². The lowest BCUT2D eigenvalue weighted by Crippen LogP contribution is -3.15. The fourth-order valence-corrected chi connectivity index (χ4v) is 2.99. The van der Waals surface area contributed by atoms with E-state index in [-0.39, 0.29) is 30.8 Å². The number of halogens is 1. The number of carbonyl (C=O) groups is 3. The number of nitrogens with zero attached hydrogens (tertiary/aromatic N) is 1. The predicted octanol–water partition coefficient (Wildman–Crippen LogP) is -3.42. The average Bonchev–Trinajstić information content (AvgIpc) is 2.77. The molecule has 1 atom stereocenters. The number of allylic oxidation sites excluding steroid dienone is 1. The van der Waals surface area contributed by atoms with E-state index in [9.17, 15) is 19.5 Å². The van der Waals surface area contributed by atoms with Gasteiger partial charge in [-0.15, -0.1) is 0 Å². The molecule has 23 heavy (non-hydrogen) atoms. The van der Waals surface area contributed by atoms with E-state index >= 15 is 0 Å². The summed E-state index contributed by atoms with van der Waals surface area (Å²) in [5, 5.41) is 11.1. The van der Waals surface area contributed by atoms with Crippen LogP contribution in [0.1, 0.15) is 40.0 Å². The molecule has 3 rings (SSSR count). The summed E-state index contributed by atoms with van der Waals surface area (Å²) in [6.45, 7) is 0.578. The molecule has 1 N–H and O–H groups in total. The number of quaternary nitrogens is 1. The fourth-order valence-electron chi connectivity index (χ4n) is 2.99. The van der Waals surface area contributed by atoms with Crippen LogP contribution in [0, 0.1) is 0 Å². The van der Waals surface area contributed by atoms with Crippen LogP contribution in [-0.4, -0.2) is 35.9 Å². The SMILES string of the molecule is O=C1c2ccccc2C(=O)N1CC=C1CCCC[NH+]1C(=O)[O-].[Cl-]. The normalized spacial score (nSPS) is 22.0. The Kier molecular flexibility index (Phi) is 5.18. The Labute approximate surface area is 139 Å². The molecule has 0 bridgehead atoms. The summed E-state index contributed by atoms with van der Waals surface area (Å²) >= 11 is 0. The summed E-state index contributed by atoms with van der Waals surface area (Å²) in [7, 11) is 0. The van der Waals surface area contributed by atoms with Crippen molar-refractivity contribution in [3.63, 3.8) is 0 Å². The minimum Gasteiger partial charge on any atom is -1.00 e. The van der Waals surface area contributed by atoms with Gasteiger partial charge in [0.25, 0.3) is 17.9 Å². The molecule has 7 heteroatoms. The van der Waals surface area contributed by atoms with Crippen molar-refractivity contribution in [2.45, 2.75) is 19.3 Å². The first kappa shape index (κ1) is 17.2. The van der Waals surface area contributed by atoms with Gasteiger partial charge in [0, 0.05) is 6.42 Å². The first-order valence-corrected chi connectivity index (χ1v) is 7.31. The molecule has 1 saturated heterocycles. The molecule has 1 aromatic carbocycles. The second-order valence-corrected chi connectivity index (χ2v) is 5.47. The molecule has 3 amide bonds. The van der Waals surface area contributed by atoms with Gasteiger partial charge in [0.1, 0.15) is 5.70 Å². The number of nitrogens with one attached hydrogen (secondary N) is 1. The van der Waals surface area contributed by atoms with Crippen molar-refractivity contribution in [1.82, 2.24) is 4.90 Å². The van der Waals surface area contributed by atoms with Crippen molar-refractivity contribution in [3.8, 4) is 0 Å². The number of piperidine rings is 1. The number of hydrogen-bond donors (Lipinski definition) is 1. The van der Waals surface area contributed by atoms with Crippen LogP contribution in [0.5, 0.6) is 0 Å². The van der Waals surface area contributed by atoms with Gasteiger partial charge in [-0.3, -0.25) is 19.4 Å². The van der Waals surface area contributed by atoms with E-state index in [0.29, 0.717) is 34.7 Å². The highest BCUT2D eigenvalue weighted by Crippen LogP contribution is 2.22. The van der Waals surface area contributed by atoms with Crippen molar-refractivity contribution in [3.05, 3.63) is 47.2 Å². The molecule has 0 spiro atoms. The van der Waals surface area contributed by atoms with Gasteiger partial charge in [-0.05, 0) is 31.1 Å². The third-order valence-electron chi connectivity index (χ3n) is 4.16. The van der Waals surface area contributed by atoms with E-state index in [1.54, 1.807) is 30.3 Å². The molecule has 2 heterocycles. The van der Waals surface area contributed by atoms with Crippen LogP contribution >= 0.6 is 0 Å². The summed E-state index contributed by atoms with van der Waals surface area (Å²) in [6.07, 6.45) is 2.89. The summed E-state index contributed by atoms with van der Waals surface area (Å²) in [5.41, 5.74) is 1.49. The van der Waals surface area contributed by atoms with Crippen LogP contribution in [0.15, 0.2) is 36.0 Å². The van der Waals surface area contributed by atoms with Gasteiger partial charge in [-0.2, -0.15) is 0 Å². The molecule has 1 fully saturated rings. The minimum atomic E-state index is -1.16. The summed E-state index contributed by atoms with van der Waals surface area (Å²) in [4.78, 5) is 37.0. The molecule has 0 saturated carbocycles. The van der Waals surface area contributed by atoms with Gasteiger partial charge in [-0.1, -0.05) is 12.1 Å².